The molecule has 2 rings (SSSR count). The largest absolute Gasteiger partial charge is 0.496 e. The first-order valence-corrected chi connectivity index (χ1v) is 8.87. The quantitative estimate of drug-likeness (QED) is 0.839. The minimum Gasteiger partial charge on any atom is -0.496 e. The van der Waals surface area contributed by atoms with Gasteiger partial charge < -0.3 is 14.7 Å². The summed E-state index contributed by atoms with van der Waals surface area (Å²) in [6.45, 7) is 0.595. The van der Waals surface area contributed by atoms with Crippen LogP contribution in [-0.4, -0.2) is 53.1 Å². The van der Waals surface area contributed by atoms with Crippen molar-refractivity contribution in [2.45, 2.75) is 18.9 Å². The number of rotatable bonds is 5. The number of carbonyl (C=O) groups is 2. The van der Waals surface area contributed by atoms with Crippen molar-refractivity contribution in [2.24, 2.45) is 0 Å². The maximum absolute atomic E-state index is 12.6. The first-order chi connectivity index (χ1) is 10.5. The molecule has 1 N–H and O–H groups in total. The Kier molecular flexibility index (Phi) is 6.14. The molecule has 0 aliphatic carbocycles. The molecule has 7 heteroatoms. The van der Waals surface area contributed by atoms with E-state index in [0.717, 1.165) is 15.8 Å². The van der Waals surface area contributed by atoms with Crippen molar-refractivity contribution in [1.82, 2.24) is 4.90 Å². The van der Waals surface area contributed by atoms with Crippen LogP contribution in [0.25, 0.3) is 0 Å². The van der Waals surface area contributed by atoms with Crippen LogP contribution >= 0.6 is 27.7 Å². The number of methoxy groups -OCH3 is 1. The number of amides is 1. The van der Waals surface area contributed by atoms with E-state index >= 15 is 0 Å². The molecule has 1 aliphatic heterocycles. The van der Waals surface area contributed by atoms with Gasteiger partial charge in [-0.15, -0.1) is 0 Å². The van der Waals surface area contributed by atoms with Crippen LogP contribution in [0, 0.1) is 0 Å². The Morgan fingerprint density at radius 1 is 1.50 bits per heavy atom. The Balaban J connectivity index is 2.13. The van der Waals surface area contributed by atoms with Gasteiger partial charge in [0, 0.05) is 28.1 Å². The van der Waals surface area contributed by atoms with Gasteiger partial charge in [0.1, 0.15) is 5.75 Å². The van der Waals surface area contributed by atoms with Crippen LogP contribution in [0.1, 0.15) is 12.0 Å². The second-order valence-corrected chi connectivity index (χ2v) is 7.11. The molecular weight excluding hydrogens is 370 g/mol. The van der Waals surface area contributed by atoms with Crippen molar-refractivity contribution in [2.75, 3.05) is 25.2 Å². The SMILES string of the molecule is COc1ccc(Br)cc1CC(=O)N1CCSCC1CC(=O)O. The molecule has 5 nitrogen and oxygen atoms in total. The third-order valence-corrected chi connectivity index (χ3v) is 5.13. The van der Waals surface area contributed by atoms with Crippen LogP contribution in [0.15, 0.2) is 22.7 Å². The van der Waals surface area contributed by atoms with Gasteiger partial charge in [-0.25, -0.2) is 0 Å². The molecule has 22 heavy (non-hydrogen) atoms. The predicted octanol–water partition coefficient (Wildman–Crippen LogP) is 2.42. The second-order valence-electron chi connectivity index (χ2n) is 5.05. The van der Waals surface area contributed by atoms with Crippen molar-refractivity contribution in [1.29, 1.82) is 0 Å². The molecule has 1 saturated heterocycles. The highest BCUT2D eigenvalue weighted by Gasteiger charge is 2.29. The zero-order valence-corrected chi connectivity index (χ0v) is 14.7. The maximum Gasteiger partial charge on any atom is 0.305 e. The summed E-state index contributed by atoms with van der Waals surface area (Å²) < 4.78 is 6.17. The average molecular weight is 388 g/mol. The number of thioether (sulfide) groups is 1. The fourth-order valence-corrected chi connectivity index (χ4v) is 3.97. The number of halogens is 1. The fourth-order valence-electron chi connectivity index (χ4n) is 2.50. The topological polar surface area (TPSA) is 66.8 Å². The second kappa shape index (κ2) is 7.87. The Morgan fingerprint density at radius 3 is 2.95 bits per heavy atom. The van der Waals surface area contributed by atoms with Crippen LogP contribution in [0.5, 0.6) is 5.75 Å². The Labute approximate surface area is 142 Å². The summed E-state index contributed by atoms with van der Waals surface area (Å²) in [5.74, 6) is 1.26. The summed E-state index contributed by atoms with van der Waals surface area (Å²) in [6.07, 6.45) is 0.206. The lowest BCUT2D eigenvalue weighted by molar-refractivity contribution is -0.140. The predicted molar refractivity (Wildman–Crippen MR) is 89.5 cm³/mol. The number of carbonyl (C=O) groups excluding carboxylic acids is 1. The molecule has 0 saturated carbocycles. The van der Waals surface area contributed by atoms with Crippen molar-refractivity contribution >= 4 is 39.6 Å². The third kappa shape index (κ3) is 4.39. The molecule has 1 unspecified atom stereocenters. The summed E-state index contributed by atoms with van der Waals surface area (Å²) in [6, 6.07) is 5.30. The summed E-state index contributed by atoms with van der Waals surface area (Å²) in [7, 11) is 1.57. The number of benzene rings is 1. The number of hydrogen-bond acceptors (Lipinski definition) is 4. The van der Waals surface area contributed by atoms with Crippen LogP contribution in [0.4, 0.5) is 0 Å². The van der Waals surface area contributed by atoms with Gasteiger partial charge in [-0.3, -0.25) is 9.59 Å². The lowest BCUT2D eigenvalue weighted by atomic mass is 10.1. The van der Waals surface area contributed by atoms with Gasteiger partial charge in [-0.05, 0) is 18.2 Å². The minimum atomic E-state index is -0.870. The van der Waals surface area contributed by atoms with E-state index in [2.05, 4.69) is 15.9 Å². The molecule has 0 aromatic heterocycles. The third-order valence-electron chi connectivity index (χ3n) is 3.54. The fraction of sp³-hybridized carbons (Fsp3) is 0.467. The van der Waals surface area contributed by atoms with E-state index in [1.807, 2.05) is 18.2 Å². The van der Waals surface area contributed by atoms with Crippen molar-refractivity contribution < 1.29 is 19.4 Å². The van der Waals surface area contributed by atoms with Crippen molar-refractivity contribution in [3.63, 3.8) is 0 Å². The standard InChI is InChI=1S/C15H18BrNO4S/c1-21-13-3-2-11(16)6-10(13)7-14(18)17-4-5-22-9-12(17)8-15(19)20/h2-3,6,12H,4-5,7-9H2,1H3,(H,19,20). The van der Waals surface area contributed by atoms with Gasteiger partial charge in [0.2, 0.25) is 5.91 Å². The highest BCUT2D eigenvalue weighted by Crippen LogP contribution is 2.26. The van der Waals surface area contributed by atoms with Gasteiger partial charge in [0.05, 0.1) is 26.0 Å². The molecule has 1 aliphatic rings. The Hall–Kier alpha value is -1.21. The molecular formula is C15H18BrNO4S. The first kappa shape index (κ1) is 17.1. The number of carboxylic acid groups (broad SMARTS) is 1. The van der Waals surface area contributed by atoms with Crippen LogP contribution < -0.4 is 4.74 Å². The first-order valence-electron chi connectivity index (χ1n) is 6.92. The summed E-state index contributed by atoms with van der Waals surface area (Å²) in [5.41, 5.74) is 0.800. The molecule has 1 amide bonds. The lowest BCUT2D eigenvalue weighted by Gasteiger charge is -2.34. The summed E-state index contributed by atoms with van der Waals surface area (Å²) in [4.78, 5) is 25.3. The number of carboxylic acids is 1. The highest BCUT2D eigenvalue weighted by molar-refractivity contribution is 9.10. The molecule has 0 radical (unpaired) electrons. The number of hydrogen-bond donors (Lipinski definition) is 1. The minimum absolute atomic E-state index is 0.00560. The molecule has 1 atom stereocenters. The maximum atomic E-state index is 12.6. The molecule has 0 bridgehead atoms. The van der Waals surface area contributed by atoms with Gasteiger partial charge >= 0.3 is 5.97 Å². The lowest BCUT2D eigenvalue weighted by Crippen LogP contribution is -2.47. The molecule has 1 fully saturated rings. The Morgan fingerprint density at radius 2 is 2.27 bits per heavy atom. The van der Waals surface area contributed by atoms with Gasteiger partial charge in [-0.2, -0.15) is 11.8 Å². The van der Waals surface area contributed by atoms with E-state index in [0.29, 0.717) is 18.0 Å². The van der Waals surface area contributed by atoms with Gasteiger partial charge in [0.25, 0.3) is 0 Å². The number of aliphatic carboxylic acids is 1. The molecule has 1 aromatic carbocycles. The average Bonchev–Trinajstić information content (AvgIpc) is 2.47. The van der Waals surface area contributed by atoms with E-state index in [-0.39, 0.29) is 24.8 Å². The zero-order valence-electron chi connectivity index (χ0n) is 12.3. The van der Waals surface area contributed by atoms with E-state index in [9.17, 15) is 9.59 Å². The monoisotopic (exact) mass is 387 g/mol. The van der Waals surface area contributed by atoms with Gasteiger partial charge in [0.15, 0.2) is 0 Å². The van der Waals surface area contributed by atoms with E-state index in [1.165, 1.54) is 0 Å². The smallest absolute Gasteiger partial charge is 0.305 e. The van der Waals surface area contributed by atoms with E-state index in [4.69, 9.17) is 9.84 Å². The highest BCUT2D eigenvalue weighted by atomic mass is 79.9. The summed E-state index contributed by atoms with van der Waals surface area (Å²) in [5, 5.41) is 9.00. The molecule has 1 heterocycles. The normalized spacial score (nSPS) is 18.1. The Bertz CT molecular complexity index is 566. The van der Waals surface area contributed by atoms with Crippen LogP contribution in [0.3, 0.4) is 0 Å². The molecule has 0 spiro atoms. The number of ether oxygens (including phenoxy) is 1. The van der Waals surface area contributed by atoms with Gasteiger partial charge in [-0.1, -0.05) is 15.9 Å². The molecule has 120 valence electrons. The van der Waals surface area contributed by atoms with Crippen LogP contribution in [-0.2, 0) is 16.0 Å². The van der Waals surface area contributed by atoms with Crippen molar-refractivity contribution in [3.05, 3.63) is 28.2 Å². The van der Waals surface area contributed by atoms with Crippen LogP contribution in [0.2, 0.25) is 0 Å². The van der Waals surface area contributed by atoms with Crippen molar-refractivity contribution in [3.8, 4) is 5.75 Å². The summed E-state index contributed by atoms with van der Waals surface area (Å²) >= 11 is 5.09. The van der Waals surface area contributed by atoms with E-state index < -0.39 is 5.97 Å². The van der Waals surface area contributed by atoms with E-state index in [1.54, 1.807) is 23.8 Å². The number of nitrogens with zero attached hydrogens (tertiary/aromatic N) is 1. The molecule has 1 aromatic rings. The zero-order chi connectivity index (χ0) is 16.1.